The van der Waals surface area contributed by atoms with Crippen molar-refractivity contribution in [2.24, 2.45) is 0 Å². The molecule has 0 amide bonds. The third-order valence-corrected chi connectivity index (χ3v) is 2.21. The Bertz CT molecular complexity index is 332. The summed E-state index contributed by atoms with van der Waals surface area (Å²) in [5.74, 6) is 0. The maximum atomic E-state index is 4.93. The molecule has 0 spiro atoms. The molecular weight excluding hydrogens is 294 g/mol. The molecule has 1 aromatic carbocycles. The first-order chi connectivity index (χ1) is 6.61. The zero-order valence-electron chi connectivity index (χ0n) is 8.14. The Balaban J connectivity index is 0.000000293. The van der Waals surface area contributed by atoms with E-state index in [1.807, 2.05) is 12.1 Å². The fraction of sp³-hybridized carbons (Fsp3) is 0.273. The van der Waals surface area contributed by atoms with Gasteiger partial charge >= 0.3 is 37.9 Å². The van der Waals surface area contributed by atoms with Gasteiger partial charge < -0.3 is 0 Å². The molecule has 0 saturated heterocycles. The first kappa shape index (κ1) is 12.5. The minimum absolute atomic E-state index is 0.191. The van der Waals surface area contributed by atoms with Gasteiger partial charge in [0, 0.05) is 5.41 Å². The molecular formula is C11H11Cl2Zr. The summed E-state index contributed by atoms with van der Waals surface area (Å²) >= 11 is -0.826. The molecule has 1 aliphatic carbocycles. The summed E-state index contributed by atoms with van der Waals surface area (Å²) < 4.78 is 0. The van der Waals surface area contributed by atoms with Gasteiger partial charge in [-0.05, 0) is 17.2 Å². The fourth-order valence-electron chi connectivity index (χ4n) is 1.53. The normalized spacial score (nSPS) is 15.4. The Morgan fingerprint density at radius 1 is 1.36 bits per heavy atom. The quantitative estimate of drug-likeness (QED) is 0.675. The molecule has 0 aliphatic heterocycles. The van der Waals surface area contributed by atoms with Gasteiger partial charge in [0.25, 0.3) is 0 Å². The Labute approximate surface area is 104 Å². The third kappa shape index (κ3) is 2.95. The predicted molar refractivity (Wildman–Crippen MR) is 59.0 cm³/mol. The van der Waals surface area contributed by atoms with Crippen LogP contribution in [0.5, 0.6) is 0 Å². The monoisotopic (exact) mass is 303 g/mol. The van der Waals surface area contributed by atoms with E-state index in [9.17, 15) is 0 Å². The second kappa shape index (κ2) is 5.49. The van der Waals surface area contributed by atoms with E-state index in [0.717, 1.165) is 0 Å². The molecule has 0 bridgehead atoms. The number of halogens is 2. The van der Waals surface area contributed by atoms with Crippen LogP contribution >= 0.6 is 17.0 Å². The van der Waals surface area contributed by atoms with E-state index in [2.05, 4.69) is 38.1 Å². The van der Waals surface area contributed by atoms with Crippen LogP contribution in [-0.2, 0) is 26.3 Å². The van der Waals surface area contributed by atoms with Gasteiger partial charge in [0.05, 0.1) is 0 Å². The van der Waals surface area contributed by atoms with Crippen molar-refractivity contribution in [2.45, 2.75) is 19.3 Å². The minimum atomic E-state index is -0.826. The van der Waals surface area contributed by atoms with Crippen LogP contribution in [0.2, 0.25) is 0 Å². The van der Waals surface area contributed by atoms with Crippen molar-refractivity contribution in [3.8, 4) is 0 Å². The molecule has 0 unspecified atom stereocenters. The van der Waals surface area contributed by atoms with Crippen molar-refractivity contribution in [3.05, 3.63) is 41.5 Å². The topological polar surface area (TPSA) is 0 Å². The number of fused-ring (bicyclic) bond motifs is 1. The van der Waals surface area contributed by atoms with Crippen molar-refractivity contribution in [3.63, 3.8) is 0 Å². The zero-order chi connectivity index (χ0) is 10.6. The summed E-state index contributed by atoms with van der Waals surface area (Å²) in [6.07, 6.45) is 4.40. The molecule has 1 aromatic rings. The van der Waals surface area contributed by atoms with Gasteiger partial charge in [0.2, 0.25) is 0 Å². The number of hydrogen-bond acceptors (Lipinski definition) is 0. The maximum absolute atomic E-state index is 4.93. The molecule has 0 heterocycles. The van der Waals surface area contributed by atoms with E-state index >= 15 is 0 Å². The SMILES string of the molecule is CC1(C)C=Cc2ccc[c]c21.[Cl][Zr][Cl]. The molecule has 0 atom stereocenters. The van der Waals surface area contributed by atoms with Crippen molar-refractivity contribution in [1.82, 2.24) is 0 Å². The Morgan fingerprint density at radius 3 is 2.57 bits per heavy atom. The Kier molecular flexibility index (Phi) is 4.90. The molecule has 1 radical (unpaired) electrons. The van der Waals surface area contributed by atoms with E-state index in [-0.39, 0.29) is 5.41 Å². The molecule has 3 heteroatoms. The van der Waals surface area contributed by atoms with Crippen LogP contribution < -0.4 is 0 Å². The first-order valence-corrected chi connectivity index (χ1v) is 10.6. The van der Waals surface area contributed by atoms with Gasteiger partial charge in [-0.3, -0.25) is 0 Å². The van der Waals surface area contributed by atoms with Crippen LogP contribution in [0.3, 0.4) is 0 Å². The summed E-state index contributed by atoms with van der Waals surface area (Å²) in [5, 5.41) is 0. The van der Waals surface area contributed by atoms with Gasteiger partial charge in [-0.2, -0.15) is 0 Å². The van der Waals surface area contributed by atoms with Crippen LogP contribution in [0, 0.1) is 6.07 Å². The van der Waals surface area contributed by atoms with E-state index in [1.54, 1.807) is 0 Å². The van der Waals surface area contributed by atoms with Gasteiger partial charge in [0.1, 0.15) is 0 Å². The van der Waals surface area contributed by atoms with E-state index in [0.29, 0.717) is 0 Å². The molecule has 73 valence electrons. The van der Waals surface area contributed by atoms with E-state index < -0.39 is 20.8 Å². The summed E-state index contributed by atoms with van der Waals surface area (Å²) in [7, 11) is 9.87. The number of hydrogen-bond donors (Lipinski definition) is 0. The summed E-state index contributed by atoms with van der Waals surface area (Å²) in [6, 6.07) is 9.42. The summed E-state index contributed by atoms with van der Waals surface area (Å²) in [4.78, 5) is 0. The Hall–Kier alpha value is 0.423. The molecule has 0 nitrogen and oxygen atoms in total. The van der Waals surface area contributed by atoms with E-state index in [1.165, 1.54) is 11.1 Å². The number of benzene rings is 1. The van der Waals surface area contributed by atoms with Crippen LogP contribution in [0.15, 0.2) is 24.3 Å². The number of allylic oxidation sites excluding steroid dienone is 1. The van der Waals surface area contributed by atoms with Crippen molar-refractivity contribution in [1.29, 1.82) is 0 Å². The molecule has 0 fully saturated rings. The second-order valence-corrected chi connectivity index (χ2v) is 7.36. The van der Waals surface area contributed by atoms with Crippen LogP contribution in [0.25, 0.3) is 6.08 Å². The summed E-state index contributed by atoms with van der Waals surface area (Å²) in [6.45, 7) is 4.43. The zero-order valence-corrected chi connectivity index (χ0v) is 12.1. The Morgan fingerprint density at radius 2 is 2.00 bits per heavy atom. The van der Waals surface area contributed by atoms with Crippen molar-refractivity contribution in [2.75, 3.05) is 0 Å². The van der Waals surface area contributed by atoms with E-state index in [4.69, 9.17) is 17.0 Å². The van der Waals surface area contributed by atoms with Crippen LogP contribution in [0.4, 0.5) is 0 Å². The van der Waals surface area contributed by atoms with Gasteiger partial charge in [0.15, 0.2) is 0 Å². The average Bonchev–Trinajstić information content (AvgIpc) is 2.45. The molecule has 1 aliphatic rings. The predicted octanol–water partition coefficient (Wildman–Crippen LogP) is 4.17. The van der Waals surface area contributed by atoms with Gasteiger partial charge in [-0.15, -0.1) is 0 Å². The molecule has 14 heavy (non-hydrogen) atoms. The molecule has 0 saturated carbocycles. The van der Waals surface area contributed by atoms with Crippen LogP contribution in [0.1, 0.15) is 25.0 Å². The number of rotatable bonds is 0. The van der Waals surface area contributed by atoms with Crippen molar-refractivity contribution < 1.29 is 20.8 Å². The molecule has 0 N–H and O–H groups in total. The fourth-order valence-corrected chi connectivity index (χ4v) is 1.53. The van der Waals surface area contributed by atoms with Gasteiger partial charge in [-0.1, -0.05) is 44.2 Å². The van der Waals surface area contributed by atoms with Crippen molar-refractivity contribution >= 4 is 23.1 Å². The van der Waals surface area contributed by atoms with Gasteiger partial charge in [-0.25, -0.2) is 0 Å². The standard InChI is InChI=1S/C11H11.2ClH.Zr/c1-11(2)8-7-9-5-3-4-6-10(9)11;;;/h3-5,7-8H,1-2H3;2*1H;/q;;;+2/p-2. The van der Waals surface area contributed by atoms with Crippen LogP contribution in [-0.4, -0.2) is 0 Å². The molecule has 0 aromatic heterocycles. The average molecular weight is 305 g/mol. The summed E-state index contributed by atoms with van der Waals surface area (Å²) in [5.41, 5.74) is 2.83. The second-order valence-electron chi connectivity index (χ2n) is 3.63. The first-order valence-electron chi connectivity index (χ1n) is 4.28. The molecule has 2 rings (SSSR count). The third-order valence-electron chi connectivity index (χ3n) is 2.21.